The molecule has 0 aromatic heterocycles. The molecular weight excluding hydrogens is 274 g/mol. The Morgan fingerprint density at radius 3 is 2.12 bits per heavy atom. The molecule has 0 atom stereocenters. The van der Waals surface area contributed by atoms with Crippen molar-refractivity contribution in [2.45, 2.75) is 0 Å². The van der Waals surface area contributed by atoms with Gasteiger partial charge in [0.25, 0.3) is 0 Å². The summed E-state index contributed by atoms with van der Waals surface area (Å²) in [6.45, 7) is 0. The third-order valence-corrected chi connectivity index (χ3v) is 1.76. The Balaban J connectivity index is 2.99. The van der Waals surface area contributed by atoms with Gasteiger partial charge >= 0.3 is 58.6 Å². The van der Waals surface area contributed by atoms with Crippen LogP contribution in [0.15, 0.2) is 30.3 Å². The van der Waals surface area contributed by atoms with Gasteiger partial charge < -0.3 is 0 Å². The Bertz CT molecular complexity index is 167. The molecule has 0 aliphatic carbocycles. The van der Waals surface area contributed by atoms with E-state index in [1.807, 2.05) is 36.3 Å². The summed E-state index contributed by atoms with van der Waals surface area (Å²) in [7, 11) is 0. The van der Waals surface area contributed by atoms with Crippen LogP contribution >= 0.6 is 0 Å². The van der Waals surface area contributed by atoms with E-state index < -0.39 is 0 Å². The fraction of sp³-hybridized carbons (Fsp3) is 0. The predicted molar refractivity (Wildman–Crippen MR) is 31.6 cm³/mol. The molecule has 0 nitrogen and oxygen atoms in total. The summed E-state index contributed by atoms with van der Waals surface area (Å²) in [4.78, 5) is 0. The van der Waals surface area contributed by atoms with E-state index in [0.717, 1.165) is 0 Å². The van der Waals surface area contributed by atoms with E-state index in [9.17, 15) is 0 Å². The van der Waals surface area contributed by atoms with E-state index in [1.54, 1.807) is 0 Å². The molecule has 0 aliphatic heterocycles. The van der Waals surface area contributed by atoms with Crippen molar-refractivity contribution >= 4 is 4.57 Å². The standard InChI is InChI=1S/C7H6.Os/c1-7-5-3-2-4-6-7;/h1-6H;. The van der Waals surface area contributed by atoms with E-state index >= 15 is 0 Å². The Morgan fingerprint density at radius 2 is 1.75 bits per heavy atom. The molecule has 1 aromatic rings. The van der Waals surface area contributed by atoms with E-state index in [4.69, 9.17) is 0 Å². The zero-order valence-electron chi connectivity index (χ0n) is 4.32. The number of rotatable bonds is 1. The van der Waals surface area contributed by atoms with Crippen LogP contribution < -0.4 is 0 Å². The fourth-order valence-corrected chi connectivity index (χ4v) is 1.01. The molecule has 0 aliphatic rings. The molecule has 1 rings (SSSR count). The van der Waals surface area contributed by atoms with Crippen molar-refractivity contribution in [1.29, 1.82) is 0 Å². The average molecular weight is 280 g/mol. The van der Waals surface area contributed by atoms with Gasteiger partial charge in [0.05, 0.1) is 0 Å². The summed E-state index contributed by atoms with van der Waals surface area (Å²) in [5.41, 5.74) is 1.30. The molecule has 0 heterocycles. The molecule has 8 heavy (non-hydrogen) atoms. The van der Waals surface area contributed by atoms with E-state index in [1.165, 1.54) is 5.56 Å². The van der Waals surface area contributed by atoms with E-state index in [-0.39, 0.29) is 0 Å². The van der Waals surface area contributed by atoms with Crippen molar-refractivity contribution < 1.29 is 18.1 Å². The molecule has 0 bridgehead atoms. The van der Waals surface area contributed by atoms with Crippen molar-refractivity contribution in [3.8, 4) is 0 Å². The van der Waals surface area contributed by atoms with Gasteiger partial charge in [0.2, 0.25) is 0 Å². The van der Waals surface area contributed by atoms with Gasteiger partial charge in [-0.2, -0.15) is 0 Å². The van der Waals surface area contributed by atoms with Crippen molar-refractivity contribution in [1.82, 2.24) is 0 Å². The Morgan fingerprint density at radius 1 is 1.12 bits per heavy atom. The van der Waals surface area contributed by atoms with Gasteiger partial charge in [-0.15, -0.1) is 0 Å². The summed E-state index contributed by atoms with van der Waals surface area (Å²) in [5, 5.41) is 0. The first-order valence-electron chi connectivity index (χ1n) is 2.40. The summed E-state index contributed by atoms with van der Waals surface area (Å²) in [6.07, 6.45) is 0. The first-order valence-corrected chi connectivity index (χ1v) is 3.87. The third kappa shape index (κ3) is 1.35. The summed E-state index contributed by atoms with van der Waals surface area (Å²) in [6, 6.07) is 10.3. The zero-order valence-corrected chi connectivity index (χ0v) is 6.86. The molecule has 0 N–H and O–H groups in total. The predicted octanol–water partition coefficient (Wildman–Crippen LogP) is 1.38. The second kappa shape index (κ2) is 2.90. The quantitative estimate of drug-likeness (QED) is 0.729. The van der Waals surface area contributed by atoms with Crippen LogP contribution in [0.3, 0.4) is 0 Å². The Labute approximate surface area is 59.0 Å². The minimum absolute atomic E-state index is 1.30. The maximum absolute atomic E-state index is 2.11. The first-order chi connectivity index (χ1) is 3.93. The number of hydrogen-bond acceptors (Lipinski definition) is 0. The molecular formula is C7H6Os. The molecule has 0 fully saturated rings. The molecule has 0 saturated carbocycles. The first kappa shape index (κ1) is 5.86. The number of hydrogen-bond donors (Lipinski definition) is 0. The van der Waals surface area contributed by atoms with Crippen LogP contribution in [0.25, 0.3) is 0 Å². The summed E-state index contributed by atoms with van der Waals surface area (Å²) >= 11 is 1.86. The molecule has 42 valence electrons. The Kier molecular flexibility index (Phi) is 2.12. The second-order valence-corrected chi connectivity index (χ2v) is 2.25. The average Bonchev–Trinajstić information content (AvgIpc) is 1.90. The van der Waals surface area contributed by atoms with Crippen LogP contribution in [-0.4, -0.2) is 4.57 Å². The van der Waals surface area contributed by atoms with Gasteiger partial charge in [-0.25, -0.2) is 0 Å². The van der Waals surface area contributed by atoms with Crippen molar-refractivity contribution in [3.05, 3.63) is 35.9 Å². The molecule has 0 unspecified atom stereocenters. The van der Waals surface area contributed by atoms with Crippen LogP contribution in [0, 0.1) is 0 Å². The molecule has 1 heteroatoms. The maximum atomic E-state index is 2.11. The number of benzene rings is 1. The topological polar surface area (TPSA) is 0 Å². The summed E-state index contributed by atoms with van der Waals surface area (Å²) in [5.74, 6) is 0. The van der Waals surface area contributed by atoms with Crippen LogP contribution in [0.5, 0.6) is 0 Å². The van der Waals surface area contributed by atoms with Gasteiger partial charge in [-0.05, 0) is 0 Å². The van der Waals surface area contributed by atoms with Gasteiger partial charge in [-0.1, -0.05) is 0 Å². The molecule has 0 radical (unpaired) electrons. The van der Waals surface area contributed by atoms with Crippen molar-refractivity contribution in [2.75, 3.05) is 0 Å². The Hall–Kier alpha value is -0.274. The van der Waals surface area contributed by atoms with Gasteiger partial charge in [-0.3, -0.25) is 0 Å². The van der Waals surface area contributed by atoms with Crippen LogP contribution in [0.1, 0.15) is 5.56 Å². The van der Waals surface area contributed by atoms with Crippen LogP contribution in [-0.2, 0) is 18.1 Å². The van der Waals surface area contributed by atoms with Crippen molar-refractivity contribution in [3.63, 3.8) is 0 Å². The summed E-state index contributed by atoms with van der Waals surface area (Å²) < 4.78 is 2.11. The molecule has 0 amide bonds. The third-order valence-electron chi connectivity index (χ3n) is 0.917. The van der Waals surface area contributed by atoms with Gasteiger partial charge in [0, 0.05) is 0 Å². The minimum atomic E-state index is 1.30. The van der Waals surface area contributed by atoms with Crippen molar-refractivity contribution in [2.24, 2.45) is 0 Å². The molecule has 0 spiro atoms. The van der Waals surface area contributed by atoms with E-state index in [0.29, 0.717) is 0 Å². The zero-order chi connectivity index (χ0) is 5.82. The van der Waals surface area contributed by atoms with Gasteiger partial charge in [0.1, 0.15) is 0 Å². The fourth-order valence-electron chi connectivity index (χ4n) is 0.521. The van der Waals surface area contributed by atoms with E-state index in [2.05, 4.69) is 16.7 Å². The normalized spacial score (nSPS) is 8.62. The second-order valence-electron chi connectivity index (χ2n) is 1.51. The SMILES string of the molecule is [Os]=[CH]c1ccccc1. The van der Waals surface area contributed by atoms with Gasteiger partial charge in [0.15, 0.2) is 0 Å². The molecule has 0 saturated heterocycles. The monoisotopic (exact) mass is 282 g/mol. The van der Waals surface area contributed by atoms with Crippen LogP contribution in [0.4, 0.5) is 0 Å². The van der Waals surface area contributed by atoms with Crippen LogP contribution in [0.2, 0.25) is 0 Å². The molecule has 1 aromatic carbocycles.